The number of likely N-dealkylation sites (N-methyl/N-ethyl adjacent to an activating group) is 1. The quantitative estimate of drug-likeness (QED) is 0.273. The summed E-state index contributed by atoms with van der Waals surface area (Å²) < 4.78 is 4.80. The van der Waals surface area contributed by atoms with Crippen molar-refractivity contribution >= 4 is 23.4 Å². The topological polar surface area (TPSA) is 116 Å². The molecule has 3 rings (SSSR count). The van der Waals surface area contributed by atoms with Crippen molar-refractivity contribution in [1.29, 1.82) is 0 Å². The van der Waals surface area contributed by atoms with Crippen LogP contribution in [-0.2, 0) is 14.3 Å². The second kappa shape index (κ2) is 9.99. The Kier molecular flexibility index (Phi) is 7.33. The van der Waals surface area contributed by atoms with Gasteiger partial charge in [0.1, 0.15) is 11.5 Å². The first-order chi connectivity index (χ1) is 15.8. The second-order valence-corrected chi connectivity index (χ2v) is 7.92. The van der Waals surface area contributed by atoms with E-state index in [0.717, 1.165) is 13.1 Å². The summed E-state index contributed by atoms with van der Waals surface area (Å²) in [4.78, 5) is 49.1. The Hall–Kier alpha value is -3.46. The standard InChI is InChI=1S/C24H30N4O5/c1-6-27(7-2)11-12-28-20(16-9-8-10-25-13-16)18(22(30)23(28)31)21(29)17-14(3)19(24(32)33-5)26-15(17)4/h8-10,13,20,26,29H,6-7,11-12H2,1-5H3/b21-18+/t20-/m1/s1. The molecule has 2 aromatic heterocycles. The molecule has 0 radical (unpaired) electrons. The maximum atomic E-state index is 13.2. The van der Waals surface area contributed by atoms with E-state index in [1.807, 2.05) is 13.8 Å². The summed E-state index contributed by atoms with van der Waals surface area (Å²) in [6.45, 7) is 9.95. The molecule has 0 spiro atoms. The van der Waals surface area contributed by atoms with Gasteiger partial charge in [-0.15, -0.1) is 0 Å². The average Bonchev–Trinajstić information content (AvgIpc) is 3.26. The van der Waals surface area contributed by atoms with Crippen LogP contribution in [-0.4, -0.2) is 75.8 Å². The van der Waals surface area contributed by atoms with E-state index < -0.39 is 23.7 Å². The Morgan fingerprint density at radius 2 is 1.97 bits per heavy atom. The highest BCUT2D eigenvalue weighted by Crippen LogP contribution is 2.40. The first-order valence-corrected chi connectivity index (χ1v) is 10.9. The van der Waals surface area contributed by atoms with Crippen molar-refractivity contribution in [2.75, 3.05) is 33.3 Å². The maximum absolute atomic E-state index is 13.2. The molecule has 0 aromatic carbocycles. The first kappa shape index (κ1) is 24.2. The number of aromatic amines is 1. The van der Waals surface area contributed by atoms with Crippen molar-refractivity contribution in [2.45, 2.75) is 33.7 Å². The Morgan fingerprint density at radius 1 is 1.27 bits per heavy atom. The smallest absolute Gasteiger partial charge is 0.354 e. The van der Waals surface area contributed by atoms with E-state index in [1.165, 1.54) is 12.0 Å². The molecule has 0 saturated carbocycles. The van der Waals surface area contributed by atoms with Crippen LogP contribution in [0.5, 0.6) is 0 Å². The molecule has 1 amide bonds. The lowest BCUT2D eigenvalue weighted by Gasteiger charge is -2.28. The molecule has 1 fully saturated rings. The van der Waals surface area contributed by atoms with Crippen molar-refractivity contribution in [1.82, 2.24) is 19.8 Å². The number of aromatic nitrogens is 2. The van der Waals surface area contributed by atoms with Gasteiger partial charge < -0.3 is 24.6 Å². The predicted octanol–water partition coefficient (Wildman–Crippen LogP) is 2.58. The number of esters is 1. The predicted molar refractivity (Wildman–Crippen MR) is 123 cm³/mol. The monoisotopic (exact) mass is 454 g/mol. The van der Waals surface area contributed by atoms with Crippen LogP contribution < -0.4 is 0 Å². The molecular weight excluding hydrogens is 424 g/mol. The molecule has 2 aromatic rings. The zero-order valence-corrected chi connectivity index (χ0v) is 19.6. The number of aliphatic hydroxyl groups excluding tert-OH is 1. The van der Waals surface area contributed by atoms with Gasteiger partial charge in [-0.1, -0.05) is 19.9 Å². The van der Waals surface area contributed by atoms with Gasteiger partial charge in [0, 0.05) is 36.7 Å². The van der Waals surface area contributed by atoms with Crippen LogP contribution >= 0.6 is 0 Å². The van der Waals surface area contributed by atoms with Crippen molar-refractivity contribution in [2.24, 2.45) is 0 Å². The highest BCUT2D eigenvalue weighted by atomic mass is 16.5. The number of pyridine rings is 1. The minimum atomic E-state index is -0.787. The van der Waals surface area contributed by atoms with Crippen molar-refractivity contribution < 1.29 is 24.2 Å². The number of nitrogens with zero attached hydrogens (tertiary/aromatic N) is 3. The highest BCUT2D eigenvalue weighted by Gasteiger charge is 2.46. The van der Waals surface area contributed by atoms with Gasteiger partial charge in [0.15, 0.2) is 0 Å². The molecule has 0 bridgehead atoms. The third-order valence-electron chi connectivity index (χ3n) is 6.16. The number of methoxy groups -OCH3 is 1. The van der Waals surface area contributed by atoms with Gasteiger partial charge in [-0.05, 0) is 44.1 Å². The van der Waals surface area contributed by atoms with Crippen molar-refractivity contribution in [3.63, 3.8) is 0 Å². The highest BCUT2D eigenvalue weighted by molar-refractivity contribution is 6.46. The zero-order chi connectivity index (χ0) is 24.3. The molecule has 1 atom stereocenters. The van der Waals surface area contributed by atoms with Crippen LogP contribution in [0.25, 0.3) is 5.76 Å². The van der Waals surface area contributed by atoms with Gasteiger partial charge in [-0.3, -0.25) is 14.6 Å². The number of carbonyl (C=O) groups excluding carboxylic acids is 3. The zero-order valence-electron chi connectivity index (χ0n) is 19.6. The summed E-state index contributed by atoms with van der Waals surface area (Å²) >= 11 is 0. The molecule has 9 nitrogen and oxygen atoms in total. The van der Waals surface area contributed by atoms with E-state index in [4.69, 9.17) is 4.74 Å². The second-order valence-electron chi connectivity index (χ2n) is 7.92. The number of Topliss-reactive ketones (excluding diaryl/α,β-unsaturated/α-hetero) is 1. The van der Waals surface area contributed by atoms with Gasteiger partial charge in [-0.2, -0.15) is 0 Å². The molecule has 2 N–H and O–H groups in total. The van der Waals surface area contributed by atoms with E-state index in [0.29, 0.717) is 35.5 Å². The Labute approximate surface area is 193 Å². The normalized spacial score (nSPS) is 17.8. The number of rotatable bonds is 8. The minimum Gasteiger partial charge on any atom is -0.507 e. The SMILES string of the molecule is CCN(CC)CCN1C(=O)C(=O)/C(=C(/O)c2c(C)[nH]c(C(=O)OC)c2C)[C@H]1c1cccnc1. The molecule has 0 aliphatic carbocycles. The Morgan fingerprint density at radius 3 is 2.55 bits per heavy atom. The van der Waals surface area contributed by atoms with E-state index in [9.17, 15) is 19.5 Å². The fourth-order valence-corrected chi connectivity index (χ4v) is 4.33. The third kappa shape index (κ3) is 4.41. The molecular formula is C24H30N4O5. The number of hydrogen-bond donors (Lipinski definition) is 2. The van der Waals surface area contributed by atoms with Gasteiger partial charge in [0.2, 0.25) is 0 Å². The minimum absolute atomic E-state index is 0.0193. The largest absolute Gasteiger partial charge is 0.507 e. The molecule has 1 aliphatic rings. The fraction of sp³-hybridized carbons (Fsp3) is 0.417. The third-order valence-corrected chi connectivity index (χ3v) is 6.16. The van der Waals surface area contributed by atoms with E-state index in [1.54, 1.807) is 38.4 Å². The molecule has 1 saturated heterocycles. The van der Waals surface area contributed by atoms with Crippen LogP contribution in [0.1, 0.15) is 52.8 Å². The summed E-state index contributed by atoms with van der Waals surface area (Å²) in [6, 6.07) is 2.71. The van der Waals surface area contributed by atoms with Crippen LogP contribution in [0.15, 0.2) is 30.1 Å². The molecule has 33 heavy (non-hydrogen) atoms. The van der Waals surface area contributed by atoms with E-state index in [-0.39, 0.29) is 17.0 Å². The lowest BCUT2D eigenvalue weighted by Crippen LogP contribution is -2.38. The Bertz CT molecular complexity index is 1090. The summed E-state index contributed by atoms with van der Waals surface area (Å²) in [6.07, 6.45) is 3.19. The number of likely N-dealkylation sites (tertiary alicyclic amines) is 1. The molecule has 0 unspecified atom stereocenters. The number of hydrogen-bond acceptors (Lipinski definition) is 7. The first-order valence-electron chi connectivity index (χ1n) is 10.9. The number of aliphatic hydroxyl groups is 1. The molecule has 3 heterocycles. The van der Waals surface area contributed by atoms with Crippen molar-refractivity contribution in [3.05, 3.63) is 58.2 Å². The number of carbonyl (C=O) groups is 3. The number of aryl methyl sites for hydroxylation is 1. The number of H-pyrrole nitrogens is 1. The molecule has 9 heteroatoms. The van der Waals surface area contributed by atoms with Crippen LogP contribution in [0.3, 0.4) is 0 Å². The van der Waals surface area contributed by atoms with E-state index in [2.05, 4.69) is 14.9 Å². The summed E-state index contributed by atoms with van der Waals surface area (Å²) in [5.41, 5.74) is 2.03. The number of amides is 1. The summed E-state index contributed by atoms with van der Waals surface area (Å²) in [5.74, 6) is -2.34. The van der Waals surface area contributed by atoms with Crippen LogP contribution in [0.4, 0.5) is 0 Å². The van der Waals surface area contributed by atoms with E-state index >= 15 is 0 Å². The van der Waals surface area contributed by atoms with Crippen LogP contribution in [0, 0.1) is 13.8 Å². The molecule has 1 aliphatic heterocycles. The van der Waals surface area contributed by atoms with Gasteiger partial charge in [-0.25, -0.2) is 4.79 Å². The lowest BCUT2D eigenvalue weighted by molar-refractivity contribution is -0.140. The number of ether oxygens (including phenoxy) is 1. The van der Waals surface area contributed by atoms with Crippen molar-refractivity contribution in [3.8, 4) is 0 Å². The van der Waals surface area contributed by atoms with Gasteiger partial charge in [0.05, 0.1) is 18.7 Å². The summed E-state index contributed by atoms with van der Waals surface area (Å²) in [5, 5.41) is 11.3. The summed E-state index contributed by atoms with van der Waals surface area (Å²) in [7, 11) is 1.27. The Balaban J connectivity index is 2.16. The lowest BCUT2D eigenvalue weighted by atomic mass is 9.95. The maximum Gasteiger partial charge on any atom is 0.354 e. The van der Waals surface area contributed by atoms with Gasteiger partial charge in [0.25, 0.3) is 11.7 Å². The van der Waals surface area contributed by atoms with Crippen LogP contribution in [0.2, 0.25) is 0 Å². The number of nitrogens with one attached hydrogen (secondary N) is 1. The van der Waals surface area contributed by atoms with Gasteiger partial charge >= 0.3 is 5.97 Å². The molecule has 176 valence electrons. The fourth-order valence-electron chi connectivity index (χ4n) is 4.33. The average molecular weight is 455 g/mol. The number of ketones is 1.